The summed E-state index contributed by atoms with van der Waals surface area (Å²) in [7, 11) is 0. The van der Waals surface area contributed by atoms with Crippen molar-refractivity contribution in [1.82, 2.24) is 4.98 Å². The monoisotopic (exact) mass is 303 g/mol. The molecule has 0 saturated heterocycles. The van der Waals surface area contributed by atoms with Gasteiger partial charge in [-0.1, -0.05) is 18.2 Å². The highest BCUT2D eigenvalue weighted by atomic mass is 35.5. The van der Waals surface area contributed by atoms with Gasteiger partial charge in [0.05, 0.1) is 5.69 Å². The van der Waals surface area contributed by atoms with Crippen LogP contribution < -0.4 is 11.1 Å². The molecule has 4 nitrogen and oxygen atoms in total. The molecule has 0 bridgehead atoms. The number of rotatable bonds is 3. The van der Waals surface area contributed by atoms with Gasteiger partial charge in [0.15, 0.2) is 0 Å². The SMILES string of the molecule is CC(=O)Nc1cccc(-c2ccc([C@H]3C[C@@H]3N)cn2)c1.Cl. The molecular weight excluding hydrogens is 286 g/mol. The van der Waals surface area contributed by atoms with Gasteiger partial charge in [0.2, 0.25) is 5.91 Å². The Morgan fingerprint density at radius 2 is 2.10 bits per heavy atom. The lowest BCUT2D eigenvalue weighted by molar-refractivity contribution is -0.114. The number of anilines is 1. The Morgan fingerprint density at radius 3 is 2.67 bits per heavy atom. The van der Waals surface area contributed by atoms with Gasteiger partial charge in [0.1, 0.15) is 0 Å². The molecule has 0 unspecified atom stereocenters. The number of pyridine rings is 1. The normalized spacial score (nSPS) is 19.5. The van der Waals surface area contributed by atoms with E-state index in [1.807, 2.05) is 36.5 Å². The van der Waals surface area contributed by atoms with Crippen molar-refractivity contribution in [1.29, 1.82) is 0 Å². The third-order valence-electron chi connectivity index (χ3n) is 3.53. The molecule has 3 rings (SSSR count). The van der Waals surface area contributed by atoms with E-state index in [4.69, 9.17) is 5.73 Å². The van der Waals surface area contributed by atoms with Gasteiger partial charge in [0.25, 0.3) is 0 Å². The zero-order valence-corrected chi connectivity index (χ0v) is 12.6. The topological polar surface area (TPSA) is 68.0 Å². The highest BCUT2D eigenvalue weighted by Gasteiger charge is 2.34. The number of halogens is 1. The smallest absolute Gasteiger partial charge is 0.221 e. The maximum absolute atomic E-state index is 11.1. The molecule has 1 aromatic carbocycles. The van der Waals surface area contributed by atoms with Crippen LogP contribution in [0.15, 0.2) is 42.6 Å². The Kier molecular flexibility index (Phi) is 4.60. The number of benzene rings is 1. The van der Waals surface area contributed by atoms with E-state index in [2.05, 4.69) is 16.4 Å². The summed E-state index contributed by atoms with van der Waals surface area (Å²) in [5.41, 5.74) is 9.72. The maximum atomic E-state index is 11.1. The van der Waals surface area contributed by atoms with Crippen LogP contribution in [0.4, 0.5) is 5.69 Å². The zero-order valence-electron chi connectivity index (χ0n) is 11.7. The van der Waals surface area contributed by atoms with Gasteiger partial charge in [-0.15, -0.1) is 12.4 Å². The summed E-state index contributed by atoms with van der Waals surface area (Å²) in [6, 6.07) is 12.1. The van der Waals surface area contributed by atoms with E-state index in [9.17, 15) is 4.79 Å². The second kappa shape index (κ2) is 6.24. The van der Waals surface area contributed by atoms with E-state index in [1.54, 1.807) is 0 Å². The first-order chi connectivity index (χ1) is 9.63. The summed E-state index contributed by atoms with van der Waals surface area (Å²) in [4.78, 5) is 15.6. The van der Waals surface area contributed by atoms with E-state index in [0.29, 0.717) is 12.0 Å². The zero-order chi connectivity index (χ0) is 14.1. The summed E-state index contributed by atoms with van der Waals surface area (Å²) in [6.07, 6.45) is 2.96. The predicted molar refractivity (Wildman–Crippen MR) is 86.6 cm³/mol. The molecule has 1 aliphatic rings. The second-order valence-electron chi connectivity index (χ2n) is 5.24. The van der Waals surface area contributed by atoms with Gasteiger partial charge in [-0.05, 0) is 30.2 Å². The molecule has 2 aromatic rings. The Balaban J connectivity index is 0.00000161. The first-order valence-electron chi connectivity index (χ1n) is 6.73. The molecule has 21 heavy (non-hydrogen) atoms. The van der Waals surface area contributed by atoms with Crippen LogP contribution >= 0.6 is 12.4 Å². The third-order valence-corrected chi connectivity index (χ3v) is 3.53. The van der Waals surface area contributed by atoms with Crippen molar-refractivity contribution in [2.45, 2.75) is 25.3 Å². The van der Waals surface area contributed by atoms with Crippen molar-refractivity contribution in [3.8, 4) is 11.3 Å². The van der Waals surface area contributed by atoms with Crippen LogP contribution in [0.1, 0.15) is 24.8 Å². The Hall–Kier alpha value is -1.91. The molecule has 5 heteroatoms. The van der Waals surface area contributed by atoms with Crippen LogP contribution in [-0.4, -0.2) is 16.9 Å². The summed E-state index contributed by atoms with van der Waals surface area (Å²) >= 11 is 0. The van der Waals surface area contributed by atoms with Crippen LogP contribution in [0.5, 0.6) is 0 Å². The fraction of sp³-hybridized carbons (Fsp3) is 0.250. The fourth-order valence-corrected chi connectivity index (χ4v) is 2.35. The van der Waals surface area contributed by atoms with Crippen molar-refractivity contribution < 1.29 is 4.79 Å². The molecule has 1 fully saturated rings. The van der Waals surface area contributed by atoms with Crippen LogP contribution in [0.2, 0.25) is 0 Å². The van der Waals surface area contributed by atoms with Crippen molar-refractivity contribution in [2.24, 2.45) is 5.73 Å². The van der Waals surface area contributed by atoms with Gasteiger partial charge in [0, 0.05) is 36.3 Å². The largest absolute Gasteiger partial charge is 0.327 e. The summed E-state index contributed by atoms with van der Waals surface area (Å²) in [5.74, 6) is 0.399. The molecule has 1 aliphatic carbocycles. The van der Waals surface area contributed by atoms with Crippen LogP contribution in [0.3, 0.4) is 0 Å². The van der Waals surface area contributed by atoms with E-state index in [0.717, 1.165) is 23.4 Å². The number of aromatic nitrogens is 1. The average Bonchev–Trinajstić information content (AvgIpc) is 3.16. The van der Waals surface area contributed by atoms with E-state index in [1.165, 1.54) is 12.5 Å². The lowest BCUT2D eigenvalue weighted by Crippen LogP contribution is -2.05. The Bertz CT molecular complexity index is 642. The quantitative estimate of drug-likeness (QED) is 0.916. The molecule has 2 atom stereocenters. The first kappa shape index (κ1) is 15.5. The van der Waals surface area contributed by atoms with Crippen LogP contribution in [0.25, 0.3) is 11.3 Å². The van der Waals surface area contributed by atoms with Crippen LogP contribution in [0, 0.1) is 0 Å². The van der Waals surface area contributed by atoms with E-state index >= 15 is 0 Å². The number of hydrogen-bond donors (Lipinski definition) is 2. The van der Waals surface area contributed by atoms with Crippen molar-refractivity contribution in [3.05, 3.63) is 48.2 Å². The molecule has 0 radical (unpaired) electrons. The molecule has 1 amide bonds. The second-order valence-corrected chi connectivity index (χ2v) is 5.24. The number of nitrogens with one attached hydrogen (secondary N) is 1. The van der Waals surface area contributed by atoms with Gasteiger partial charge < -0.3 is 11.1 Å². The lowest BCUT2D eigenvalue weighted by Gasteiger charge is -2.06. The molecule has 3 N–H and O–H groups in total. The highest BCUT2D eigenvalue weighted by molar-refractivity contribution is 5.89. The van der Waals surface area contributed by atoms with Crippen molar-refractivity contribution in [3.63, 3.8) is 0 Å². The molecule has 1 heterocycles. The lowest BCUT2D eigenvalue weighted by atomic mass is 10.1. The number of hydrogen-bond acceptors (Lipinski definition) is 3. The van der Waals surface area contributed by atoms with Gasteiger partial charge in [-0.25, -0.2) is 0 Å². The first-order valence-corrected chi connectivity index (χ1v) is 6.73. The number of carbonyl (C=O) groups excluding carboxylic acids is 1. The number of carbonyl (C=O) groups is 1. The third kappa shape index (κ3) is 3.60. The Morgan fingerprint density at radius 1 is 1.33 bits per heavy atom. The number of nitrogens with two attached hydrogens (primary N) is 1. The molecule has 1 saturated carbocycles. The van der Waals surface area contributed by atoms with Gasteiger partial charge in [-0.3, -0.25) is 9.78 Å². The van der Waals surface area contributed by atoms with Crippen LogP contribution in [-0.2, 0) is 4.79 Å². The average molecular weight is 304 g/mol. The molecule has 110 valence electrons. The fourth-order valence-electron chi connectivity index (χ4n) is 2.35. The van der Waals surface area contributed by atoms with E-state index < -0.39 is 0 Å². The minimum absolute atomic E-state index is 0. The predicted octanol–water partition coefficient (Wildman–Crippen LogP) is 2.94. The van der Waals surface area contributed by atoms with E-state index in [-0.39, 0.29) is 18.3 Å². The van der Waals surface area contributed by atoms with Gasteiger partial charge >= 0.3 is 0 Å². The summed E-state index contributed by atoms with van der Waals surface area (Å²) < 4.78 is 0. The molecule has 0 aliphatic heterocycles. The molecule has 0 spiro atoms. The highest BCUT2D eigenvalue weighted by Crippen LogP contribution is 2.38. The minimum Gasteiger partial charge on any atom is -0.327 e. The summed E-state index contributed by atoms with van der Waals surface area (Å²) in [5, 5.41) is 2.78. The number of amides is 1. The van der Waals surface area contributed by atoms with Crippen molar-refractivity contribution >= 4 is 24.0 Å². The Labute approximate surface area is 130 Å². The van der Waals surface area contributed by atoms with Crippen molar-refractivity contribution in [2.75, 3.05) is 5.32 Å². The standard InChI is InChI=1S/C16H17N3O.ClH/c1-10(20)19-13-4-2-3-11(7-13)16-6-5-12(9-18-16)14-8-15(14)17;/h2-7,9,14-15H,8,17H2,1H3,(H,19,20);1H/t14-,15+;/m1./s1. The summed E-state index contributed by atoms with van der Waals surface area (Å²) in [6.45, 7) is 1.50. The van der Waals surface area contributed by atoms with Gasteiger partial charge in [-0.2, -0.15) is 0 Å². The number of nitrogens with zero attached hydrogens (tertiary/aromatic N) is 1. The minimum atomic E-state index is -0.0758. The maximum Gasteiger partial charge on any atom is 0.221 e. The molecule has 1 aromatic heterocycles. The molecular formula is C16H18ClN3O.